The summed E-state index contributed by atoms with van der Waals surface area (Å²) in [6.45, 7) is 10.4. The number of rotatable bonds is 7. The van der Waals surface area contributed by atoms with Crippen molar-refractivity contribution >= 4 is 5.97 Å². The zero-order valence-electron chi connectivity index (χ0n) is 32.6. The molecule has 306 valence electrons. The average Bonchev–Trinajstić information content (AvgIpc) is 3.66. The lowest BCUT2D eigenvalue weighted by Gasteiger charge is -2.64. The van der Waals surface area contributed by atoms with Crippen molar-refractivity contribution < 1.29 is 63.5 Å². The molecular weight excluding hydrogens is 700 g/mol. The van der Waals surface area contributed by atoms with E-state index in [0.717, 1.165) is 63.4 Å². The Hall–Kier alpha value is -1.23. The summed E-state index contributed by atoms with van der Waals surface area (Å²) in [4.78, 5) is 11.9. The van der Waals surface area contributed by atoms with Crippen LogP contribution >= 0.6 is 0 Å². The van der Waals surface area contributed by atoms with Crippen LogP contribution in [0, 0.1) is 34.5 Å². The smallest absolute Gasteiger partial charge is 0.331 e. The molecule has 4 saturated carbocycles. The number of carbonyl (C=O) groups excluding carboxylic acids is 1. The van der Waals surface area contributed by atoms with E-state index in [1.807, 2.05) is 6.92 Å². The van der Waals surface area contributed by atoms with Crippen molar-refractivity contribution in [2.24, 2.45) is 34.5 Å². The molecule has 0 radical (unpaired) electrons. The largest absolute Gasteiger partial charge is 0.458 e. The van der Waals surface area contributed by atoms with Crippen molar-refractivity contribution in [3.05, 3.63) is 11.6 Å². The average molecular weight is 765 g/mol. The predicted octanol–water partition coefficient (Wildman–Crippen LogP) is 3.25. The second-order valence-corrected chi connectivity index (χ2v) is 18.7. The molecule has 8 aliphatic rings. The SMILES string of the molecule is CC1O[C@@H](O[C@H]2CC[C@@]3(C)[C@H](CC[C@@H]4[C@@H]3CC[C@]3(C)[C@@H](C5=CC(=O)OC5)CC[C@]43O)C2)C[C@H](O)[C@@H]1O[C@H]1C[C@H](O)[C@H](O[C@H]2C[C@H](O)[C@H](O)[C@@H](C)O2)[C@@H](C)O1. The third kappa shape index (κ3) is 6.82. The summed E-state index contributed by atoms with van der Waals surface area (Å²) in [6, 6.07) is 0. The van der Waals surface area contributed by atoms with E-state index < -0.39 is 79.4 Å². The molecule has 13 nitrogen and oxygen atoms in total. The molecule has 0 aromatic heterocycles. The van der Waals surface area contributed by atoms with E-state index in [9.17, 15) is 30.3 Å². The highest BCUT2D eigenvalue weighted by molar-refractivity contribution is 5.85. The zero-order valence-corrected chi connectivity index (χ0v) is 32.6. The fourth-order valence-corrected chi connectivity index (χ4v) is 12.8. The van der Waals surface area contributed by atoms with Gasteiger partial charge < -0.3 is 58.7 Å². The first-order valence-electron chi connectivity index (χ1n) is 20.8. The van der Waals surface area contributed by atoms with Crippen LogP contribution in [0.15, 0.2) is 11.6 Å². The molecule has 8 rings (SSSR count). The van der Waals surface area contributed by atoms with E-state index in [2.05, 4.69) is 13.8 Å². The van der Waals surface area contributed by atoms with Gasteiger partial charge in [0.2, 0.25) is 0 Å². The van der Waals surface area contributed by atoms with Crippen molar-refractivity contribution in [1.29, 1.82) is 0 Å². The minimum absolute atomic E-state index is 0.0243. The van der Waals surface area contributed by atoms with Crippen LogP contribution in [0.1, 0.15) is 112 Å². The van der Waals surface area contributed by atoms with Gasteiger partial charge in [-0.3, -0.25) is 0 Å². The number of cyclic esters (lactones) is 1. The van der Waals surface area contributed by atoms with Crippen LogP contribution in [0.25, 0.3) is 0 Å². The molecule has 5 N–H and O–H groups in total. The quantitative estimate of drug-likeness (QED) is 0.188. The monoisotopic (exact) mass is 764 g/mol. The lowest BCUT2D eigenvalue weighted by molar-refractivity contribution is -0.336. The molecule has 0 aromatic rings. The molecule has 7 fully saturated rings. The van der Waals surface area contributed by atoms with Crippen LogP contribution in [-0.4, -0.2) is 124 Å². The Morgan fingerprint density at radius 1 is 0.685 bits per heavy atom. The van der Waals surface area contributed by atoms with Gasteiger partial charge >= 0.3 is 5.97 Å². The van der Waals surface area contributed by atoms with Crippen LogP contribution < -0.4 is 0 Å². The second kappa shape index (κ2) is 14.9. The van der Waals surface area contributed by atoms with Crippen LogP contribution in [0.4, 0.5) is 0 Å². The first kappa shape index (κ1) is 39.6. The maximum absolute atomic E-state index is 12.6. The molecule has 1 unspecified atom stereocenters. The fourth-order valence-electron chi connectivity index (χ4n) is 12.8. The van der Waals surface area contributed by atoms with Gasteiger partial charge in [-0.1, -0.05) is 13.8 Å². The van der Waals surface area contributed by atoms with Crippen LogP contribution in [-0.2, 0) is 38.0 Å². The summed E-state index contributed by atoms with van der Waals surface area (Å²) in [5.74, 6) is 1.13. The van der Waals surface area contributed by atoms with Gasteiger partial charge in [-0.2, -0.15) is 0 Å². The Kier molecular flexibility index (Phi) is 10.9. The fraction of sp³-hybridized carbons (Fsp3) is 0.927. The van der Waals surface area contributed by atoms with Crippen molar-refractivity contribution in [1.82, 2.24) is 0 Å². The maximum Gasteiger partial charge on any atom is 0.331 e. The van der Waals surface area contributed by atoms with E-state index in [4.69, 9.17) is 33.2 Å². The number of hydrogen-bond acceptors (Lipinski definition) is 13. The van der Waals surface area contributed by atoms with E-state index in [-0.39, 0.29) is 54.0 Å². The Bertz CT molecular complexity index is 1370. The first-order valence-corrected chi connectivity index (χ1v) is 20.8. The Labute approximate surface area is 319 Å². The molecule has 0 bridgehead atoms. The highest BCUT2D eigenvalue weighted by Gasteiger charge is 2.68. The maximum atomic E-state index is 12.6. The van der Waals surface area contributed by atoms with Gasteiger partial charge in [-0.25, -0.2) is 4.79 Å². The van der Waals surface area contributed by atoms with Crippen molar-refractivity contribution in [2.45, 2.75) is 197 Å². The third-order valence-corrected chi connectivity index (χ3v) is 15.9. The molecule has 13 heteroatoms. The van der Waals surface area contributed by atoms with E-state index in [0.29, 0.717) is 18.4 Å². The molecule has 3 saturated heterocycles. The highest BCUT2D eigenvalue weighted by Crippen LogP contribution is 2.70. The minimum Gasteiger partial charge on any atom is -0.458 e. The number of hydrogen-bond donors (Lipinski definition) is 5. The Balaban J connectivity index is 0.826. The van der Waals surface area contributed by atoms with Crippen molar-refractivity contribution in [3.63, 3.8) is 0 Å². The van der Waals surface area contributed by atoms with E-state index in [1.54, 1.807) is 19.9 Å². The molecule has 0 spiro atoms. The van der Waals surface area contributed by atoms with Gasteiger partial charge in [0, 0.05) is 30.8 Å². The van der Waals surface area contributed by atoms with Gasteiger partial charge in [0.1, 0.15) is 24.9 Å². The Morgan fingerprint density at radius 2 is 1.30 bits per heavy atom. The summed E-state index contributed by atoms with van der Waals surface area (Å²) >= 11 is 0. The van der Waals surface area contributed by atoms with E-state index in [1.165, 1.54) is 0 Å². The Morgan fingerprint density at radius 3 is 1.89 bits per heavy atom. The van der Waals surface area contributed by atoms with Crippen LogP contribution in [0.3, 0.4) is 0 Å². The van der Waals surface area contributed by atoms with Crippen LogP contribution in [0.2, 0.25) is 0 Å². The summed E-state index contributed by atoms with van der Waals surface area (Å²) < 4.78 is 42.2. The van der Waals surface area contributed by atoms with Gasteiger partial charge in [0.25, 0.3) is 0 Å². The standard InChI is InChI=1S/C41H64O13/c1-20-36(46)29(42)16-34(49-20)53-38-22(3)51-35(18-31(38)44)54-37-21(2)50-33(17-30(37)43)52-25-8-11-39(4)24(15-25)6-7-28-27(39)9-12-40(5)26(10-13-41(28,40)47)23-14-32(45)48-19-23/h14,20-22,24-31,33-38,42-44,46-47H,6-13,15-19H2,1-5H3/t20-,21?,22-,24-,25+,26-,27+,28-,29+,30+,31+,33+,34+,35+,36-,37-,38-,39+,40-,41+/m1/s1. The van der Waals surface area contributed by atoms with Crippen molar-refractivity contribution in [2.75, 3.05) is 6.61 Å². The predicted molar refractivity (Wildman–Crippen MR) is 191 cm³/mol. The number of ether oxygens (including phenoxy) is 7. The van der Waals surface area contributed by atoms with Gasteiger partial charge in [0.05, 0.1) is 48.3 Å². The van der Waals surface area contributed by atoms with E-state index >= 15 is 0 Å². The highest BCUT2D eigenvalue weighted by atomic mass is 16.7. The topological polar surface area (TPSA) is 183 Å². The van der Waals surface area contributed by atoms with Gasteiger partial charge in [-0.15, -0.1) is 0 Å². The lowest BCUT2D eigenvalue weighted by atomic mass is 9.43. The molecule has 4 aliphatic heterocycles. The van der Waals surface area contributed by atoms with Gasteiger partial charge in [-0.05, 0) is 113 Å². The molecule has 4 aliphatic carbocycles. The molecule has 54 heavy (non-hydrogen) atoms. The molecular formula is C41H64O13. The molecule has 0 aromatic carbocycles. The van der Waals surface area contributed by atoms with Crippen LogP contribution in [0.5, 0.6) is 0 Å². The minimum atomic E-state index is -0.996. The normalized spacial score (nSPS) is 55.0. The number of fused-ring (bicyclic) bond motifs is 5. The lowest BCUT2D eigenvalue weighted by Crippen LogP contribution is -2.62. The summed E-state index contributed by atoms with van der Waals surface area (Å²) in [5, 5.41) is 55.0. The number of carbonyl (C=O) groups is 1. The first-order chi connectivity index (χ1) is 25.6. The third-order valence-electron chi connectivity index (χ3n) is 15.9. The number of esters is 1. The van der Waals surface area contributed by atoms with Crippen molar-refractivity contribution in [3.8, 4) is 0 Å². The summed E-state index contributed by atoms with van der Waals surface area (Å²) in [7, 11) is 0. The summed E-state index contributed by atoms with van der Waals surface area (Å²) in [6.07, 6.45) is 1.90. The molecule has 0 amide bonds. The molecule has 4 heterocycles. The molecule has 20 atom stereocenters. The number of aliphatic hydroxyl groups excluding tert-OH is 4. The second-order valence-electron chi connectivity index (χ2n) is 18.7. The zero-order chi connectivity index (χ0) is 38.3. The number of aliphatic hydroxyl groups is 5. The van der Waals surface area contributed by atoms with Gasteiger partial charge in [0.15, 0.2) is 18.9 Å². The summed E-state index contributed by atoms with van der Waals surface area (Å²) in [5.41, 5.74) is 0.215.